The number of unbranched alkanes of at least 4 members (excludes halogenated alkanes) is 1. The predicted molar refractivity (Wildman–Crippen MR) is 114 cm³/mol. The number of amides is 3. The normalized spacial score (nSPS) is 25.6. The maximum absolute atomic E-state index is 12.4. The third kappa shape index (κ3) is 6.39. The summed E-state index contributed by atoms with van der Waals surface area (Å²) in [5.74, 6) is 1.16. The van der Waals surface area contributed by atoms with Crippen molar-refractivity contribution >= 4 is 29.5 Å². The highest BCUT2D eigenvalue weighted by Gasteiger charge is 2.42. The van der Waals surface area contributed by atoms with Gasteiger partial charge < -0.3 is 16.0 Å². The zero-order valence-electron chi connectivity index (χ0n) is 18.2. The van der Waals surface area contributed by atoms with Crippen molar-refractivity contribution in [3.63, 3.8) is 0 Å². The number of carbonyl (C=O) groups is 3. The topological polar surface area (TPSA) is 87.3 Å². The van der Waals surface area contributed by atoms with E-state index >= 15 is 0 Å². The first-order valence-corrected chi connectivity index (χ1v) is 11.5. The molecule has 160 valence electrons. The van der Waals surface area contributed by atoms with E-state index in [4.69, 9.17) is 0 Å². The zero-order chi connectivity index (χ0) is 21.1. The summed E-state index contributed by atoms with van der Waals surface area (Å²) in [7, 11) is 0. The maximum Gasteiger partial charge on any atom is 0.315 e. The molecule has 4 atom stereocenters. The zero-order valence-corrected chi connectivity index (χ0v) is 19.0. The molecule has 28 heavy (non-hydrogen) atoms. The summed E-state index contributed by atoms with van der Waals surface area (Å²) in [6.07, 6.45) is 3.98. The van der Waals surface area contributed by atoms with Gasteiger partial charge in [0.1, 0.15) is 5.78 Å². The molecule has 2 heterocycles. The molecular formula is C21H37N3O3S. The van der Waals surface area contributed by atoms with Gasteiger partial charge in [0.05, 0.1) is 12.1 Å². The Morgan fingerprint density at radius 2 is 1.86 bits per heavy atom. The van der Waals surface area contributed by atoms with Gasteiger partial charge in [-0.1, -0.05) is 34.1 Å². The van der Waals surface area contributed by atoms with Crippen molar-refractivity contribution in [2.75, 3.05) is 5.75 Å². The van der Waals surface area contributed by atoms with Crippen LogP contribution in [0, 0.1) is 11.3 Å². The molecule has 0 aromatic rings. The van der Waals surface area contributed by atoms with E-state index in [0.717, 1.165) is 25.0 Å². The lowest BCUT2D eigenvalue weighted by Gasteiger charge is -2.31. The van der Waals surface area contributed by atoms with Gasteiger partial charge in [-0.3, -0.25) is 9.59 Å². The Balaban J connectivity index is 1.67. The van der Waals surface area contributed by atoms with Crippen LogP contribution in [0.15, 0.2) is 0 Å². The van der Waals surface area contributed by atoms with Crippen molar-refractivity contribution in [3.05, 3.63) is 0 Å². The van der Waals surface area contributed by atoms with Gasteiger partial charge in [-0.25, -0.2) is 4.79 Å². The van der Waals surface area contributed by atoms with Crippen LogP contribution in [0.3, 0.4) is 0 Å². The largest absolute Gasteiger partial charge is 0.351 e. The Kier molecular flexibility index (Phi) is 7.45. The molecule has 0 spiro atoms. The lowest BCUT2D eigenvalue weighted by Crippen LogP contribution is -2.46. The number of rotatable bonds is 9. The number of ketones is 1. The SMILES string of the molecule is CC(CC(C)(C)NC(=O)CCCC[C@@H]1SC[C@@H]2NC(=O)N[C@@H]21)C(=O)C(C)(C)C. The molecular weight excluding hydrogens is 374 g/mol. The Morgan fingerprint density at radius 3 is 2.50 bits per heavy atom. The molecule has 6 nitrogen and oxygen atoms in total. The van der Waals surface area contributed by atoms with Gasteiger partial charge in [0, 0.05) is 34.3 Å². The fraction of sp³-hybridized carbons (Fsp3) is 0.857. The van der Waals surface area contributed by atoms with E-state index in [2.05, 4.69) is 16.0 Å². The van der Waals surface area contributed by atoms with Crippen LogP contribution in [0.2, 0.25) is 0 Å². The monoisotopic (exact) mass is 411 g/mol. The van der Waals surface area contributed by atoms with Gasteiger partial charge >= 0.3 is 6.03 Å². The summed E-state index contributed by atoms with van der Waals surface area (Å²) in [5.41, 5.74) is -0.753. The highest BCUT2D eigenvalue weighted by atomic mass is 32.2. The molecule has 2 aliphatic heterocycles. The molecule has 2 rings (SSSR count). The van der Waals surface area contributed by atoms with E-state index in [0.29, 0.717) is 18.1 Å². The molecule has 2 fully saturated rings. The molecule has 0 bridgehead atoms. The summed E-state index contributed by atoms with van der Waals surface area (Å²) in [6, 6.07) is 0.428. The standard InChI is InChI=1S/C21H37N3O3S/c1-13(18(26)20(2,3)4)11-21(5,6)24-16(25)10-8-7-9-15-17-14(12-28-15)22-19(27)23-17/h13-15,17H,7-12H2,1-6H3,(H,24,25)(H2,22,23,27)/t13?,14-,15-,17-/m0/s1. The number of hydrogen-bond donors (Lipinski definition) is 3. The van der Waals surface area contributed by atoms with E-state index in [-0.39, 0.29) is 41.1 Å². The first kappa shape index (κ1) is 23.0. The number of urea groups is 1. The Bertz CT molecular complexity index is 600. The van der Waals surface area contributed by atoms with Crippen LogP contribution >= 0.6 is 11.8 Å². The minimum atomic E-state index is -0.397. The van der Waals surface area contributed by atoms with Crippen LogP contribution in [-0.2, 0) is 9.59 Å². The highest BCUT2D eigenvalue weighted by Crippen LogP contribution is 2.33. The van der Waals surface area contributed by atoms with E-state index < -0.39 is 5.54 Å². The molecule has 0 saturated carbocycles. The van der Waals surface area contributed by atoms with E-state index in [1.807, 2.05) is 53.3 Å². The lowest BCUT2D eigenvalue weighted by molar-refractivity contribution is -0.131. The van der Waals surface area contributed by atoms with E-state index in [1.54, 1.807) is 0 Å². The summed E-state index contributed by atoms with van der Waals surface area (Å²) < 4.78 is 0. The molecule has 0 aromatic carbocycles. The molecule has 3 amide bonds. The molecule has 2 saturated heterocycles. The lowest BCUT2D eigenvalue weighted by atomic mass is 9.79. The van der Waals surface area contributed by atoms with Gasteiger partial charge in [-0.15, -0.1) is 0 Å². The van der Waals surface area contributed by atoms with Crippen LogP contribution in [0.5, 0.6) is 0 Å². The average Bonchev–Trinajstić information content (AvgIpc) is 3.08. The van der Waals surface area contributed by atoms with Crippen molar-refractivity contribution in [1.82, 2.24) is 16.0 Å². The highest BCUT2D eigenvalue weighted by molar-refractivity contribution is 8.00. The first-order valence-electron chi connectivity index (χ1n) is 10.4. The number of carbonyl (C=O) groups excluding carboxylic acids is 3. The molecule has 0 aromatic heterocycles. The quantitative estimate of drug-likeness (QED) is 0.401. The maximum atomic E-state index is 12.4. The Hall–Kier alpha value is -1.24. The minimum absolute atomic E-state index is 0.0493. The van der Waals surface area contributed by atoms with Gasteiger partial charge in [0.25, 0.3) is 0 Å². The second-order valence-electron chi connectivity index (χ2n) is 10.0. The summed E-state index contributed by atoms with van der Waals surface area (Å²) in [6.45, 7) is 11.7. The fourth-order valence-corrected chi connectivity index (χ4v) is 5.91. The second-order valence-corrected chi connectivity index (χ2v) is 11.3. The van der Waals surface area contributed by atoms with Crippen LogP contribution in [0.25, 0.3) is 0 Å². The van der Waals surface area contributed by atoms with E-state index in [9.17, 15) is 14.4 Å². The number of nitrogens with one attached hydrogen (secondary N) is 3. The van der Waals surface area contributed by atoms with E-state index in [1.165, 1.54) is 0 Å². The average molecular weight is 412 g/mol. The molecule has 3 N–H and O–H groups in total. The second kappa shape index (κ2) is 9.06. The van der Waals surface area contributed by atoms with Crippen LogP contribution in [0.1, 0.15) is 73.6 Å². The van der Waals surface area contributed by atoms with Crippen LogP contribution in [-0.4, -0.2) is 46.3 Å². The van der Waals surface area contributed by atoms with Crippen molar-refractivity contribution in [2.24, 2.45) is 11.3 Å². The van der Waals surface area contributed by atoms with Crippen LogP contribution < -0.4 is 16.0 Å². The smallest absolute Gasteiger partial charge is 0.315 e. The third-order valence-corrected chi connectivity index (χ3v) is 7.07. The van der Waals surface area contributed by atoms with Crippen molar-refractivity contribution < 1.29 is 14.4 Å². The van der Waals surface area contributed by atoms with Gasteiger partial charge in [0.2, 0.25) is 5.91 Å². The number of thioether (sulfide) groups is 1. The number of Topliss-reactive ketones (excluding diaryl/α,β-unsaturated/α-hetero) is 1. The van der Waals surface area contributed by atoms with Crippen molar-refractivity contribution in [2.45, 2.75) is 96.5 Å². The third-order valence-electron chi connectivity index (χ3n) is 5.56. The Morgan fingerprint density at radius 1 is 1.18 bits per heavy atom. The fourth-order valence-electron chi connectivity index (χ4n) is 4.36. The Labute approximate surface area is 173 Å². The summed E-state index contributed by atoms with van der Waals surface area (Å²) in [5, 5.41) is 9.50. The van der Waals surface area contributed by atoms with Gasteiger partial charge in [-0.05, 0) is 33.1 Å². The number of fused-ring (bicyclic) bond motifs is 1. The van der Waals surface area contributed by atoms with Crippen LogP contribution in [0.4, 0.5) is 4.79 Å². The molecule has 7 heteroatoms. The molecule has 0 aliphatic carbocycles. The molecule has 0 radical (unpaired) electrons. The first-order chi connectivity index (χ1) is 12.9. The molecule has 1 unspecified atom stereocenters. The minimum Gasteiger partial charge on any atom is -0.351 e. The summed E-state index contributed by atoms with van der Waals surface area (Å²) >= 11 is 1.91. The summed E-state index contributed by atoms with van der Waals surface area (Å²) in [4.78, 5) is 36.2. The van der Waals surface area contributed by atoms with Gasteiger partial charge in [-0.2, -0.15) is 11.8 Å². The number of hydrogen-bond acceptors (Lipinski definition) is 4. The van der Waals surface area contributed by atoms with Crippen molar-refractivity contribution in [1.29, 1.82) is 0 Å². The molecule has 2 aliphatic rings. The van der Waals surface area contributed by atoms with Crippen molar-refractivity contribution in [3.8, 4) is 0 Å². The van der Waals surface area contributed by atoms with Gasteiger partial charge in [0.15, 0.2) is 0 Å². The predicted octanol–water partition coefficient (Wildman–Crippen LogP) is 3.25.